The zero-order valence-corrected chi connectivity index (χ0v) is 10.5. The predicted octanol–water partition coefficient (Wildman–Crippen LogP) is 2.31. The van der Waals surface area contributed by atoms with Crippen LogP contribution in [0.25, 0.3) is 0 Å². The fourth-order valence-corrected chi connectivity index (χ4v) is 2.18. The maximum atomic E-state index is 12.3. The molecule has 0 spiro atoms. The predicted molar refractivity (Wildman–Crippen MR) is 66.0 cm³/mol. The zero-order chi connectivity index (χ0) is 13.3. The molecule has 18 heavy (non-hydrogen) atoms. The van der Waals surface area contributed by atoms with Crippen LogP contribution in [0, 0.1) is 5.41 Å². The summed E-state index contributed by atoms with van der Waals surface area (Å²) < 4.78 is 5.38. The molecule has 0 saturated carbocycles. The van der Waals surface area contributed by atoms with E-state index in [1.807, 2.05) is 6.07 Å². The number of benzene rings is 1. The maximum absolute atomic E-state index is 12.3. The number of rotatable bonds is 4. The van der Waals surface area contributed by atoms with E-state index in [4.69, 9.17) is 9.84 Å². The largest absolute Gasteiger partial charge is 0.493 e. The third-order valence-corrected chi connectivity index (χ3v) is 3.16. The molecule has 0 aromatic heterocycles. The summed E-state index contributed by atoms with van der Waals surface area (Å²) in [5, 5.41) is 8.83. The Kier molecular flexibility index (Phi) is 3.11. The first-order valence-electron chi connectivity index (χ1n) is 5.92. The number of carbonyl (C=O) groups excluding carboxylic acids is 1. The first-order valence-corrected chi connectivity index (χ1v) is 5.92. The average Bonchev–Trinajstić information content (AvgIpc) is 2.72. The van der Waals surface area contributed by atoms with E-state index in [0.717, 1.165) is 17.7 Å². The molecule has 1 aromatic rings. The fourth-order valence-electron chi connectivity index (χ4n) is 2.18. The molecule has 4 heteroatoms. The number of ketones is 1. The molecule has 0 radical (unpaired) electrons. The van der Waals surface area contributed by atoms with E-state index in [9.17, 15) is 9.59 Å². The van der Waals surface area contributed by atoms with Crippen LogP contribution in [0.15, 0.2) is 18.2 Å². The summed E-state index contributed by atoms with van der Waals surface area (Å²) in [6.45, 7) is 3.96. The molecule has 2 rings (SSSR count). The van der Waals surface area contributed by atoms with Crippen molar-refractivity contribution in [2.24, 2.45) is 5.41 Å². The Balaban J connectivity index is 2.26. The molecule has 0 bridgehead atoms. The van der Waals surface area contributed by atoms with Crippen molar-refractivity contribution in [3.05, 3.63) is 29.3 Å². The molecule has 1 aliphatic rings. The van der Waals surface area contributed by atoms with Gasteiger partial charge in [-0.3, -0.25) is 9.59 Å². The van der Waals surface area contributed by atoms with Crippen molar-refractivity contribution in [1.29, 1.82) is 0 Å². The van der Waals surface area contributed by atoms with Gasteiger partial charge in [0, 0.05) is 17.4 Å². The van der Waals surface area contributed by atoms with Crippen molar-refractivity contribution in [3.63, 3.8) is 0 Å². The number of carboxylic acid groups (broad SMARTS) is 1. The Hall–Kier alpha value is -1.84. The molecular formula is C14H16O4. The van der Waals surface area contributed by atoms with Gasteiger partial charge in [0.15, 0.2) is 5.78 Å². The third-order valence-electron chi connectivity index (χ3n) is 3.16. The highest BCUT2D eigenvalue weighted by Gasteiger charge is 2.31. The summed E-state index contributed by atoms with van der Waals surface area (Å²) in [4.78, 5) is 23.1. The van der Waals surface area contributed by atoms with Crippen LogP contribution >= 0.6 is 0 Å². The Labute approximate surface area is 106 Å². The number of hydrogen-bond donors (Lipinski definition) is 1. The van der Waals surface area contributed by atoms with Crippen LogP contribution in [0.3, 0.4) is 0 Å². The second kappa shape index (κ2) is 4.44. The smallest absolute Gasteiger partial charge is 0.304 e. The highest BCUT2D eigenvalue weighted by Crippen LogP contribution is 2.30. The fraction of sp³-hybridized carbons (Fsp3) is 0.429. The number of ether oxygens (including phenoxy) is 1. The maximum Gasteiger partial charge on any atom is 0.304 e. The Morgan fingerprint density at radius 3 is 2.78 bits per heavy atom. The molecule has 0 unspecified atom stereocenters. The van der Waals surface area contributed by atoms with Crippen molar-refractivity contribution in [1.82, 2.24) is 0 Å². The lowest BCUT2D eigenvalue weighted by Gasteiger charge is -2.21. The van der Waals surface area contributed by atoms with Gasteiger partial charge in [0.2, 0.25) is 0 Å². The summed E-state index contributed by atoms with van der Waals surface area (Å²) in [5.74, 6) is -0.278. The first-order chi connectivity index (χ1) is 8.40. The minimum atomic E-state index is -0.960. The van der Waals surface area contributed by atoms with Gasteiger partial charge >= 0.3 is 5.97 Å². The van der Waals surface area contributed by atoms with E-state index in [0.29, 0.717) is 12.2 Å². The second-order valence-electron chi connectivity index (χ2n) is 5.20. The lowest BCUT2D eigenvalue weighted by molar-refractivity contribution is -0.138. The molecule has 96 valence electrons. The van der Waals surface area contributed by atoms with Crippen LogP contribution in [0.4, 0.5) is 0 Å². The van der Waals surface area contributed by atoms with Gasteiger partial charge in [0.05, 0.1) is 13.0 Å². The minimum absolute atomic E-state index is 0.139. The van der Waals surface area contributed by atoms with E-state index in [-0.39, 0.29) is 12.2 Å². The van der Waals surface area contributed by atoms with Crippen LogP contribution in [0.1, 0.15) is 36.2 Å². The topological polar surface area (TPSA) is 63.6 Å². The summed E-state index contributed by atoms with van der Waals surface area (Å²) in [7, 11) is 0. The Morgan fingerprint density at radius 1 is 1.39 bits per heavy atom. The number of fused-ring (bicyclic) bond motifs is 1. The molecule has 0 atom stereocenters. The van der Waals surface area contributed by atoms with Gasteiger partial charge in [-0.1, -0.05) is 13.8 Å². The van der Waals surface area contributed by atoms with Crippen molar-refractivity contribution < 1.29 is 19.4 Å². The lowest BCUT2D eigenvalue weighted by Crippen LogP contribution is -2.27. The molecule has 0 saturated heterocycles. The van der Waals surface area contributed by atoms with Crippen LogP contribution in [0.5, 0.6) is 5.75 Å². The van der Waals surface area contributed by atoms with Gasteiger partial charge in [-0.05, 0) is 23.8 Å². The van der Waals surface area contributed by atoms with Gasteiger partial charge < -0.3 is 9.84 Å². The third kappa shape index (κ3) is 2.37. The van der Waals surface area contributed by atoms with Crippen LogP contribution < -0.4 is 4.74 Å². The molecule has 1 heterocycles. The number of Topliss-reactive ketones (excluding diaryl/α,β-unsaturated/α-hetero) is 1. The summed E-state index contributed by atoms with van der Waals surface area (Å²) in [5.41, 5.74) is 0.692. The highest BCUT2D eigenvalue weighted by molar-refractivity contribution is 6.01. The standard InChI is InChI=1S/C14H16O4/c1-14(2,8-12(15)16)13(17)10-3-4-11-9(7-10)5-6-18-11/h3-4,7H,5-6,8H2,1-2H3,(H,15,16). The van der Waals surface area contributed by atoms with Crippen LogP contribution in [0.2, 0.25) is 0 Å². The van der Waals surface area contributed by atoms with E-state index >= 15 is 0 Å². The average molecular weight is 248 g/mol. The van der Waals surface area contributed by atoms with E-state index in [2.05, 4.69) is 0 Å². The molecule has 4 nitrogen and oxygen atoms in total. The highest BCUT2D eigenvalue weighted by atomic mass is 16.5. The van der Waals surface area contributed by atoms with Crippen molar-refractivity contribution in [3.8, 4) is 5.75 Å². The van der Waals surface area contributed by atoms with E-state index < -0.39 is 11.4 Å². The molecule has 0 fully saturated rings. The monoisotopic (exact) mass is 248 g/mol. The molecule has 1 aliphatic heterocycles. The van der Waals surface area contributed by atoms with Crippen LogP contribution in [-0.4, -0.2) is 23.5 Å². The van der Waals surface area contributed by atoms with E-state index in [1.165, 1.54) is 0 Å². The quantitative estimate of drug-likeness (QED) is 0.830. The van der Waals surface area contributed by atoms with Gasteiger partial charge in [-0.2, -0.15) is 0 Å². The number of hydrogen-bond acceptors (Lipinski definition) is 3. The number of carbonyl (C=O) groups is 2. The molecule has 1 aromatic carbocycles. The van der Waals surface area contributed by atoms with E-state index in [1.54, 1.807) is 26.0 Å². The number of aliphatic carboxylic acids is 1. The van der Waals surface area contributed by atoms with Gasteiger partial charge in [0.25, 0.3) is 0 Å². The summed E-state index contributed by atoms with van der Waals surface area (Å²) in [6, 6.07) is 5.30. The Bertz CT molecular complexity index is 503. The van der Waals surface area contributed by atoms with Crippen molar-refractivity contribution >= 4 is 11.8 Å². The van der Waals surface area contributed by atoms with Gasteiger partial charge in [-0.25, -0.2) is 0 Å². The Morgan fingerprint density at radius 2 is 2.11 bits per heavy atom. The van der Waals surface area contributed by atoms with Crippen molar-refractivity contribution in [2.75, 3.05) is 6.61 Å². The first kappa shape index (κ1) is 12.6. The molecule has 0 amide bonds. The van der Waals surface area contributed by atoms with Crippen molar-refractivity contribution in [2.45, 2.75) is 26.7 Å². The lowest BCUT2D eigenvalue weighted by atomic mass is 9.81. The zero-order valence-electron chi connectivity index (χ0n) is 10.5. The van der Waals surface area contributed by atoms with Crippen LogP contribution in [-0.2, 0) is 11.2 Å². The second-order valence-corrected chi connectivity index (χ2v) is 5.20. The minimum Gasteiger partial charge on any atom is -0.493 e. The molecule has 1 N–H and O–H groups in total. The van der Waals surface area contributed by atoms with Gasteiger partial charge in [0.1, 0.15) is 5.75 Å². The normalized spacial score (nSPS) is 13.9. The molecular weight excluding hydrogens is 232 g/mol. The SMILES string of the molecule is CC(C)(CC(=O)O)C(=O)c1ccc2c(c1)CCO2. The number of carboxylic acids is 1. The van der Waals surface area contributed by atoms with Gasteiger partial charge in [-0.15, -0.1) is 0 Å². The summed E-state index contributed by atoms with van der Waals surface area (Å²) >= 11 is 0. The molecule has 0 aliphatic carbocycles. The summed E-state index contributed by atoms with van der Waals surface area (Å²) in [6.07, 6.45) is 0.634.